The fraction of sp³-hybridized carbons (Fsp3) is 1.00. The van der Waals surface area contributed by atoms with Crippen molar-refractivity contribution in [2.24, 2.45) is 11.8 Å². The van der Waals surface area contributed by atoms with Gasteiger partial charge in [0, 0.05) is 18.0 Å². The van der Waals surface area contributed by atoms with Crippen LogP contribution in [0.1, 0.15) is 58.3 Å². The van der Waals surface area contributed by atoms with Gasteiger partial charge in [0.2, 0.25) is 0 Å². The van der Waals surface area contributed by atoms with Gasteiger partial charge in [0.1, 0.15) is 12.3 Å². The van der Waals surface area contributed by atoms with E-state index < -0.39 is 62.5 Å². The molecule has 3 nitrogen and oxygen atoms in total. The molecule has 0 radical (unpaired) electrons. The molecule has 2 aliphatic rings. The first-order chi connectivity index (χ1) is 13.8. The zero-order chi connectivity index (χ0) is 22.7. The van der Waals surface area contributed by atoms with Gasteiger partial charge in [-0.2, -0.15) is 26.3 Å². The quantitative estimate of drug-likeness (QED) is 0.290. The number of hydrogen-bond acceptors (Lipinski definition) is 3. The van der Waals surface area contributed by atoms with Crippen LogP contribution in [-0.2, 0) is 13.6 Å². The summed E-state index contributed by atoms with van der Waals surface area (Å²) in [7, 11) is -4.97. The summed E-state index contributed by atoms with van der Waals surface area (Å²) in [6.45, 7) is 1.06. The van der Waals surface area contributed by atoms with Crippen LogP contribution in [0.4, 0.5) is 35.1 Å². The van der Waals surface area contributed by atoms with Crippen molar-refractivity contribution in [1.82, 2.24) is 0 Å². The molecule has 12 heteroatoms. The van der Waals surface area contributed by atoms with Crippen LogP contribution < -0.4 is 0 Å². The number of halogens is 8. The van der Waals surface area contributed by atoms with Gasteiger partial charge in [0.25, 0.3) is 0 Å². The fourth-order valence-corrected chi connectivity index (χ4v) is 5.78. The Hall–Kier alpha value is -0.410. The topological polar surface area (TPSA) is 35.5 Å². The molecule has 0 heterocycles. The van der Waals surface area contributed by atoms with E-state index in [2.05, 4.69) is 9.05 Å². The molecule has 0 N–H and O–H groups in total. The molecule has 0 bridgehead atoms. The van der Waals surface area contributed by atoms with Gasteiger partial charge in [-0.15, -0.1) is 0 Å². The number of alkyl halides is 8. The Morgan fingerprint density at radius 1 is 0.767 bits per heavy atom. The Labute approximate surface area is 170 Å². The van der Waals surface area contributed by atoms with Gasteiger partial charge in [0.05, 0.1) is 0 Å². The first-order valence-electron chi connectivity index (χ1n) is 10.2. The van der Waals surface area contributed by atoms with Crippen molar-refractivity contribution in [3.8, 4) is 0 Å². The third-order valence-corrected chi connectivity index (χ3v) is 7.69. The van der Waals surface area contributed by atoms with E-state index in [1.54, 1.807) is 0 Å². The van der Waals surface area contributed by atoms with E-state index in [0.29, 0.717) is 12.8 Å². The summed E-state index contributed by atoms with van der Waals surface area (Å²) in [6.07, 6.45) is -20.0. The van der Waals surface area contributed by atoms with Gasteiger partial charge in [-0.25, -0.2) is 8.78 Å². The third-order valence-electron chi connectivity index (χ3n) is 5.82. The molecule has 30 heavy (non-hydrogen) atoms. The van der Waals surface area contributed by atoms with E-state index in [4.69, 9.17) is 0 Å². The Balaban J connectivity index is 2.28. The van der Waals surface area contributed by atoms with E-state index in [1.165, 1.54) is 0 Å². The zero-order valence-corrected chi connectivity index (χ0v) is 17.4. The molecule has 6 atom stereocenters. The van der Waals surface area contributed by atoms with E-state index >= 15 is 0 Å². The minimum atomic E-state index is -5.15. The summed E-state index contributed by atoms with van der Waals surface area (Å²) in [6, 6.07) is 0. The lowest BCUT2D eigenvalue weighted by atomic mass is 9.83. The summed E-state index contributed by atoms with van der Waals surface area (Å²) in [5, 5.41) is 0. The molecule has 0 amide bonds. The lowest BCUT2D eigenvalue weighted by Crippen LogP contribution is -2.46. The minimum Gasteiger partial charge on any atom is -0.295 e. The highest BCUT2D eigenvalue weighted by Gasteiger charge is 2.56. The molecule has 0 spiro atoms. The normalized spacial score (nSPS) is 33.0. The molecule has 0 aliphatic heterocycles. The maximum atomic E-state index is 14.2. The van der Waals surface area contributed by atoms with Crippen molar-refractivity contribution in [3.63, 3.8) is 0 Å². The molecule has 2 saturated carbocycles. The smallest absolute Gasteiger partial charge is 0.295 e. The molecule has 6 unspecified atom stereocenters. The summed E-state index contributed by atoms with van der Waals surface area (Å²) in [4.78, 5) is 0. The van der Waals surface area contributed by atoms with Crippen LogP contribution in [0, 0.1) is 11.8 Å². The van der Waals surface area contributed by atoms with Crippen LogP contribution >= 0.6 is 7.60 Å². The van der Waals surface area contributed by atoms with E-state index in [9.17, 15) is 39.7 Å². The zero-order valence-electron chi connectivity index (χ0n) is 16.5. The van der Waals surface area contributed by atoms with Crippen molar-refractivity contribution in [1.29, 1.82) is 0 Å². The molecule has 0 aromatic carbocycles. The Morgan fingerprint density at radius 3 is 1.37 bits per heavy atom. The van der Waals surface area contributed by atoms with Crippen LogP contribution in [0.5, 0.6) is 0 Å². The molecular formula is C18H27F8O3P. The van der Waals surface area contributed by atoms with Gasteiger partial charge in [0.15, 0.2) is 12.2 Å². The van der Waals surface area contributed by atoms with Crippen LogP contribution in [0.15, 0.2) is 0 Å². The summed E-state index contributed by atoms with van der Waals surface area (Å²) >= 11 is 0. The Morgan fingerprint density at radius 2 is 1.10 bits per heavy atom. The molecule has 2 fully saturated rings. The lowest BCUT2D eigenvalue weighted by molar-refractivity contribution is -0.235. The van der Waals surface area contributed by atoms with Gasteiger partial charge >= 0.3 is 19.9 Å². The van der Waals surface area contributed by atoms with Crippen LogP contribution in [-0.4, -0.2) is 43.1 Å². The van der Waals surface area contributed by atoms with Gasteiger partial charge in [-0.3, -0.25) is 13.6 Å². The average molecular weight is 474 g/mol. The van der Waals surface area contributed by atoms with Crippen molar-refractivity contribution in [2.45, 2.75) is 95.2 Å². The number of hydrogen-bond donors (Lipinski definition) is 0. The molecule has 0 aromatic heterocycles. The van der Waals surface area contributed by atoms with Crippen LogP contribution in [0.3, 0.4) is 0 Å². The maximum Gasteiger partial charge on any atom is 0.415 e. The van der Waals surface area contributed by atoms with Crippen LogP contribution in [0.25, 0.3) is 0 Å². The molecule has 2 rings (SSSR count). The summed E-state index contributed by atoms with van der Waals surface area (Å²) in [5.74, 6) is -3.37. The van der Waals surface area contributed by atoms with Crippen molar-refractivity contribution in [2.75, 3.05) is 6.16 Å². The Bertz CT molecular complexity index is 551. The first kappa shape index (κ1) is 25.8. The second-order valence-corrected chi connectivity index (χ2v) is 10.3. The third kappa shape index (κ3) is 6.55. The highest BCUT2D eigenvalue weighted by molar-refractivity contribution is 7.53. The summed E-state index contributed by atoms with van der Waals surface area (Å²) in [5.41, 5.74) is 0. The first-order valence-corrected chi connectivity index (χ1v) is 11.9. The molecule has 0 aromatic rings. The monoisotopic (exact) mass is 474 g/mol. The summed E-state index contributed by atoms with van der Waals surface area (Å²) < 4.78 is 132. The van der Waals surface area contributed by atoms with Crippen molar-refractivity contribution < 1.29 is 48.7 Å². The van der Waals surface area contributed by atoms with E-state index in [-0.39, 0.29) is 38.5 Å². The Kier molecular flexibility index (Phi) is 8.64. The largest absolute Gasteiger partial charge is 0.415 e. The maximum absolute atomic E-state index is 14.2. The standard InChI is InChI=1S/C18H27F8O3P/c1-2-30(27,28-15(17(21,22)23)11-7-3-5-9-13(11)19)29-16(18(24,25)26)12-8-4-6-10-14(12)20/h11-16H,2-10H2,1H3. The van der Waals surface area contributed by atoms with Gasteiger partial charge in [-0.1, -0.05) is 32.6 Å². The molecule has 2 aliphatic carbocycles. The van der Waals surface area contributed by atoms with E-state index in [0.717, 1.165) is 6.92 Å². The number of rotatable bonds is 7. The predicted molar refractivity (Wildman–Crippen MR) is 93.7 cm³/mol. The fourth-order valence-electron chi connectivity index (χ4n) is 4.19. The molecule has 178 valence electrons. The van der Waals surface area contributed by atoms with Crippen molar-refractivity contribution >= 4 is 7.60 Å². The van der Waals surface area contributed by atoms with Gasteiger partial charge in [-0.05, 0) is 25.7 Å². The predicted octanol–water partition coefficient (Wildman–Crippen LogP) is 7.15. The van der Waals surface area contributed by atoms with Crippen molar-refractivity contribution in [3.05, 3.63) is 0 Å². The highest BCUT2D eigenvalue weighted by Crippen LogP contribution is 2.57. The SMILES string of the molecule is CCP(=O)(OC(C1CCCCC1F)C(F)(F)F)OC(C1CCCCC1F)C(F)(F)F. The lowest BCUT2D eigenvalue weighted by Gasteiger charge is -2.38. The second kappa shape index (κ2) is 10.0. The van der Waals surface area contributed by atoms with E-state index in [1.807, 2.05) is 0 Å². The van der Waals surface area contributed by atoms with Crippen LogP contribution in [0.2, 0.25) is 0 Å². The average Bonchev–Trinajstić information content (AvgIpc) is 2.64. The molecule has 0 saturated heterocycles. The van der Waals surface area contributed by atoms with Gasteiger partial charge < -0.3 is 0 Å². The second-order valence-electron chi connectivity index (χ2n) is 7.99. The molecular weight excluding hydrogens is 447 g/mol. The minimum absolute atomic E-state index is 0.144. The highest BCUT2D eigenvalue weighted by atomic mass is 31.2.